The van der Waals surface area contributed by atoms with E-state index in [4.69, 9.17) is 5.73 Å². The molecule has 0 spiro atoms. The lowest BCUT2D eigenvalue weighted by Gasteiger charge is -2.02. The summed E-state index contributed by atoms with van der Waals surface area (Å²) in [4.78, 5) is 0. The largest absolute Gasteiger partial charge is 0.328 e. The predicted molar refractivity (Wildman–Crippen MR) is 42.1 cm³/mol. The molecule has 1 heterocycles. The molecular weight excluding hydrogens is 138 g/mol. The van der Waals surface area contributed by atoms with Crippen LogP contribution in [-0.2, 0) is 0 Å². The molecule has 0 aromatic carbocycles. The Bertz CT molecular complexity index is 59.4. The van der Waals surface area contributed by atoms with E-state index in [1.807, 2.05) is 21.6 Å². The molecule has 0 aromatic rings. The summed E-state index contributed by atoms with van der Waals surface area (Å²) in [6, 6.07) is 0.484. The standard InChI is InChI=1S/C5H11NS2/c6-5-1-3-7-8-4-2-5/h5H,1-4,6H2. The number of rotatable bonds is 0. The first-order valence-corrected chi connectivity index (χ1v) is 5.38. The van der Waals surface area contributed by atoms with E-state index in [1.165, 1.54) is 24.3 Å². The Morgan fingerprint density at radius 3 is 2.12 bits per heavy atom. The molecule has 8 heavy (non-hydrogen) atoms. The highest BCUT2D eigenvalue weighted by atomic mass is 33.1. The van der Waals surface area contributed by atoms with Gasteiger partial charge in [0.1, 0.15) is 0 Å². The molecule has 48 valence electrons. The summed E-state index contributed by atoms with van der Waals surface area (Å²) in [5, 5.41) is 0. The van der Waals surface area contributed by atoms with Crippen LogP contribution in [0.4, 0.5) is 0 Å². The minimum Gasteiger partial charge on any atom is -0.328 e. The molecule has 1 saturated heterocycles. The van der Waals surface area contributed by atoms with E-state index in [0.29, 0.717) is 6.04 Å². The van der Waals surface area contributed by atoms with E-state index in [0.717, 1.165) is 0 Å². The lowest BCUT2D eigenvalue weighted by molar-refractivity contribution is 0.642. The van der Waals surface area contributed by atoms with Gasteiger partial charge in [0, 0.05) is 17.5 Å². The molecule has 1 aliphatic heterocycles. The van der Waals surface area contributed by atoms with Crippen molar-refractivity contribution in [3.8, 4) is 0 Å². The van der Waals surface area contributed by atoms with Crippen molar-refractivity contribution in [3.63, 3.8) is 0 Å². The molecule has 2 N–H and O–H groups in total. The summed E-state index contributed by atoms with van der Waals surface area (Å²) in [5.74, 6) is 2.48. The van der Waals surface area contributed by atoms with Crippen LogP contribution in [0, 0.1) is 0 Å². The van der Waals surface area contributed by atoms with Crippen LogP contribution in [0.5, 0.6) is 0 Å². The van der Waals surface area contributed by atoms with Crippen molar-refractivity contribution in [1.29, 1.82) is 0 Å². The molecule has 0 aliphatic carbocycles. The molecule has 1 rings (SSSR count). The lowest BCUT2D eigenvalue weighted by atomic mass is 10.2. The first kappa shape index (κ1) is 6.78. The fourth-order valence-corrected chi connectivity index (χ4v) is 2.98. The van der Waals surface area contributed by atoms with Crippen LogP contribution < -0.4 is 5.73 Å². The quantitative estimate of drug-likeness (QED) is 0.528. The zero-order valence-electron chi connectivity index (χ0n) is 4.80. The Balaban J connectivity index is 2.17. The van der Waals surface area contributed by atoms with Crippen molar-refractivity contribution >= 4 is 21.6 Å². The Morgan fingerprint density at radius 1 is 1.12 bits per heavy atom. The van der Waals surface area contributed by atoms with Gasteiger partial charge in [-0.15, -0.1) is 0 Å². The van der Waals surface area contributed by atoms with Gasteiger partial charge >= 0.3 is 0 Å². The minimum absolute atomic E-state index is 0.484. The Hall–Kier alpha value is 0.660. The molecule has 0 radical (unpaired) electrons. The third-order valence-electron chi connectivity index (χ3n) is 1.23. The third-order valence-corrected chi connectivity index (χ3v) is 3.70. The van der Waals surface area contributed by atoms with Gasteiger partial charge in [-0.3, -0.25) is 0 Å². The van der Waals surface area contributed by atoms with Gasteiger partial charge in [0.05, 0.1) is 0 Å². The molecule has 0 atom stereocenters. The Kier molecular flexibility index (Phi) is 3.08. The molecule has 0 amide bonds. The van der Waals surface area contributed by atoms with Crippen LogP contribution in [-0.4, -0.2) is 17.5 Å². The first-order chi connectivity index (χ1) is 3.89. The minimum atomic E-state index is 0.484. The maximum atomic E-state index is 5.71. The monoisotopic (exact) mass is 149 g/mol. The molecule has 0 unspecified atom stereocenters. The highest BCUT2D eigenvalue weighted by Gasteiger charge is 2.06. The smallest absolute Gasteiger partial charge is 0.00551 e. The van der Waals surface area contributed by atoms with Crippen LogP contribution in [0.3, 0.4) is 0 Å². The number of hydrogen-bond acceptors (Lipinski definition) is 3. The molecule has 0 aromatic heterocycles. The second-order valence-corrected chi connectivity index (χ2v) is 4.68. The van der Waals surface area contributed by atoms with Gasteiger partial charge < -0.3 is 5.73 Å². The topological polar surface area (TPSA) is 26.0 Å². The van der Waals surface area contributed by atoms with Crippen molar-refractivity contribution in [2.75, 3.05) is 11.5 Å². The number of hydrogen-bond donors (Lipinski definition) is 1. The van der Waals surface area contributed by atoms with Crippen LogP contribution in [0.2, 0.25) is 0 Å². The van der Waals surface area contributed by atoms with Crippen LogP contribution in [0.25, 0.3) is 0 Å². The molecule has 0 bridgehead atoms. The molecule has 3 heteroatoms. The van der Waals surface area contributed by atoms with E-state index in [-0.39, 0.29) is 0 Å². The summed E-state index contributed by atoms with van der Waals surface area (Å²) in [6.45, 7) is 0. The van der Waals surface area contributed by atoms with Crippen molar-refractivity contribution in [3.05, 3.63) is 0 Å². The second kappa shape index (κ2) is 3.64. The normalized spacial score (nSPS) is 25.1. The van der Waals surface area contributed by atoms with E-state index < -0.39 is 0 Å². The summed E-state index contributed by atoms with van der Waals surface area (Å²) >= 11 is 0. The average Bonchev–Trinajstić information content (AvgIpc) is 1.94. The highest BCUT2D eigenvalue weighted by molar-refractivity contribution is 8.76. The lowest BCUT2D eigenvalue weighted by Crippen LogP contribution is -2.19. The maximum absolute atomic E-state index is 5.71. The summed E-state index contributed by atoms with van der Waals surface area (Å²) in [6.07, 6.45) is 2.41. The van der Waals surface area contributed by atoms with Gasteiger partial charge in [-0.1, -0.05) is 21.6 Å². The van der Waals surface area contributed by atoms with Gasteiger partial charge in [0.25, 0.3) is 0 Å². The Labute approximate surface area is 58.2 Å². The summed E-state index contributed by atoms with van der Waals surface area (Å²) in [5.41, 5.74) is 5.71. The second-order valence-electron chi connectivity index (χ2n) is 1.98. The maximum Gasteiger partial charge on any atom is 0.00551 e. The van der Waals surface area contributed by atoms with Gasteiger partial charge in [-0.05, 0) is 12.8 Å². The first-order valence-electron chi connectivity index (χ1n) is 2.89. The number of nitrogens with two attached hydrogens (primary N) is 1. The predicted octanol–water partition coefficient (Wildman–Crippen LogP) is 1.49. The fraction of sp³-hybridized carbons (Fsp3) is 1.00. The fourth-order valence-electron chi connectivity index (χ4n) is 0.661. The SMILES string of the molecule is NC1CCSSCC1. The molecule has 1 nitrogen and oxygen atoms in total. The van der Waals surface area contributed by atoms with E-state index in [2.05, 4.69) is 0 Å². The molecule has 0 saturated carbocycles. The van der Waals surface area contributed by atoms with E-state index >= 15 is 0 Å². The summed E-state index contributed by atoms with van der Waals surface area (Å²) in [7, 11) is 3.91. The third kappa shape index (κ3) is 2.29. The van der Waals surface area contributed by atoms with Crippen molar-refractivity contribution in [1.82, 2.24) is 0 Å². The van der Waals surface area contributed by atoms with Crippen LogP contribution in [0.1, 0.15) is 12.8 Å². The van der Waals surface area contributed by atoms with Gasteiger partial charge in [0.15, 0.2) is 0 Å². The van der Waals surface area contributed by atoms with Gasteiger partial charge in [-0.2, -0.15) is 0 Å². The summed E-state index contributed by atoms with van der Waals surface area (Å²) < 4.78 is 0. The van der Waals surface area contributed by atoms with Gasteiger partial charge in [-0.25, -0.2) is 0 Å². The molecule has 1 aliphatic rings. The van der Waals surface area contributed by atoms with Gasteiger partial charge in [0.2, 0.25) is 0 Å². The van der Waals surface area contributed by atoms with Crippen molar-refractivity contribution < 1.29 is 0 Å². The molecule has 1 fully saturated rings. The van der Waals surface area contributed by atoms with E-state index in [1.54, 1.807) is 0 Å². The molecular formula is C5H11NS2. The highest BCUT2D eigenvalue weighted by Crippen LogP contribution is 2.27. The van der Waals surface area contributed by atoms with E-state index in [9.17, 15) is 0 Å². The zero-order chi connectivity index (χ0) is 5.82. The van der Waals surface area contributed by atoms with Crippen molar-refractivity contribution in [2.24, 2.45) is 5.73 Å². The van der Waals surface area contributed by atoms with Crippen LogP contribution >= 0.6 is 21.6 Å². The van der Waals surface area contributed by atoms with Crippen molar-refractivity contribution in [2.45, 2.75) is 18.9 Å². The zero-order valence-corrected chi connectivity index (χ0v) is 6.43. The average molecular weight is 149 g/mol. The Morgan fingerprint density at radius 2 is 1.62 bits per heavy atom. The van der Waals surface area contributed by atoms with Crippen LogP contribution in [0.15, 0.2) is 0 Å².